The van der Waals surface area contributed by atoms with E-state index in [1.807, 2.05) is 0 Å². The van der Waals surface area contributed by atoms with E-state index in [0.29, 0.717) is 13.0 Å². The number of carbonyl (C=O) groups excluding carboxylic acids is 1. The van der Waals surface area contributed by atoms with E-state index >= 15 is 0 Å². The first kappa shape index (κ1) is 15.9. The van der Waals surface area contributed by atoms with Gasteiger partial charge >= 0.3 is 12.1 Å². The van der Waals surface area contributed by atoms with E-state index in [1.54, 1.807) is 6.92 Å². The Bertz CT molecular complexity index is 487. The minimum atomic E-state index is -4.29. The summed E-state index contributed by atoms with van der Waals surface area (Å²) in [6, 6.07) is 5.22. The van der Waals surface area contributed by atoms with Gasteiger partial charge in [0, 0.05) is 0 Å². The van der Waals surface area contributed by atoms with E-state index in [0.717, 1.165) is 43.4 Å². The fourth-order valence-corrected chi connectivity index (χ4v) is 2.48. The Labute approximate surface area is 122 Å². The van der Waals surface area contributed by atoms with Crippen molar-refractivity contribution in [2.24, 2.45) is 5.41 Å². The fraction of sp³-hybridized carbons (Fsp3) is 0.562. The van der Waals surface area contributed by atoms with Gasteiger partial charge in [0.15, 0.2) is 0 Å². The van der Waals surface area contributed by atoms with Gasteiger partial charge in [0.1, 0.15) is 0 Å². The summed E-state index contributed by atoms with van der Waals surface area (Å²) in [7, 11) is 0. The number of esters is 1. The molecule has 2 rings (SSSR count). The van der Waals surface area contributed by atoms with Gasteiger partial charge in [0.25, 0.3) is 0 Å². The number of hydrogen-bond acceptors (Lipinski definition) is 2. The number of hydrogen-bond donors (Lipinski definition) is 0. The number of halogens is 3. The maximum Gasteiger partial charge on any atom is 0.416 e. The molecule has 0 spiro atoms. The van der Waals surface area contributed by atoms with E-state index in [9.17, 15) is 18.0 Å². The Morgan fingerprint density at radius 3 is 2.33 bits per heavy atom. The van der Waals surface area contributed by atoms with Gasteiger partial charge in [0.05, 0.1) is 17.6 Å². The molecule has 1 aliphatic carbocycles. The summed E-state index contributed by atoms with van der Waals surface area (Å²) in [6.07, 6.45) is -0.367. The zero-order valence-electron chi connectivity index (χ0n) is 12.0. The Balaban J connectivity index is 1.83. The molecule has 0 radical (unpaired) electrons. The molecule has 0 aliphatic heterocycles. The summed E-state index contributed by atoms with van der Waals surface area (Å²) in [6.45, 7) is 2.18. The Kier molecular flexibility index (Phi) is 4.59. The van der Waals surface area contributed by atoms with Crippen LogP contribution >= 0.6 is 0 Å². The predicted molar refractivity (Wildman–Crippen MR) is 72.7 cm³/mol. The monoisotopic (exact) mass is 300 g/mol. The van der Waals surface area contributed by atoms with E-state index in [2.05, 4.69) is 0 Å². The third kappa shape index (κ3) is 3.99. The van der Waals surface area contributed by atoms with Crippen LogP contribution in [0.5, 0.6) is 0 Å². The predicted octanol–water partition coefficient (Wildman–Crippen LogP) is 4.37. The third-order valence-electron chi connectivity index (χ3n) is 3.96. The largest absolute Gasteiger partial charge is 0.466 e. The SMILES string of the molecule is CCOC(=O)C1(CCCc2ccc(C(F)(F)F)cc2)CC1. The van der Waals surface area contributed by atoms with Crippen LogP contribution in [0, 0.1) is 5.41 Å². The molecular formula is C16H19F3O2. The Morgan fingerprint density at radius 2 is 1.86 bits per heavy atom. The van der Waals surface area contributed by atoms with Gasteiger partial charge < -0.3 is 4.74 Å². The highest BCUT2D eigenvalue weighted by Crippen LogP contribution is 2.50. The number of carbonyl (C=O) groups is 1. The van der Waals surface area contributed by atoms with Crippen LogP contribution in [-0.4, -0.2) is 12.6 Å². The molecule has 116 valence electrons. The highest BCUT2D eigenvalue weighted by molar-refractivity contribution is 5.79. The molecule has 0 unspecified atom stereocenters. The number of rotatable bonds is 6. The number of aryl methyl sites for hydroxylation is 1. The second kappa shape index (κ2) is 6.08. The smallest absolute Gasteiger partial charge is 0.416 e. The molecule has 0 bridgehead atoms. The van der Waals surface area contributed by atoms with E-state index in [1.165, 1.54) is 12.1 Å². The van der Waals surface area contributed by atoms with E-state index < -0.39 is 11.7 Å². The second-order valence-electron chi connectivity index (χ2n) is 5.55. The van der Waals surface area contributed by atoms with Gasteiger partial charge in [-0.1, -0.05) is 12.1 Å². The zero-order valence-corrected chi connectivity index (χ0v) is 12.0. The maximum absolute atomic E-state index is 12.4. The quantitative estimate of drug-likeness (QED) is 0.729. The molecule has 0 N–H and O–H groups in total. The molecule has 0 atom stereocenters. The molecule has 1 aromatic rings. The first-order chi connectivity index (χ1) is 9.87. The highest BCUT2D eigenvalue weighted by atomic mass is 19.4. The van der Waals surface area contributed by atoms with E-state index in [-0.39, 0.29) is 11.4 Å². The standard InChI is InChI=1S/C16H19F3O2/c1-2-21-14(20)15(10-11-15)9-3-4-12-5-7-13(8-6-12)16(17,18)19/h5-8H,2-4,9-11H2,1H3. The third-order valence-corrected chi connectivity index (χ3v) is 3.96. The summed E-state index contributed by atoms with van der Waals surface area (Å²) in [4.78, 5) is 11.8. The molecule has 0 amide bonds. The minimum Gasteiger partial charge on any atom is -0.466 e. The number of ether oxygens (including phenoxy) is 1. The zero-order chi connectivity index (χ0) is 15.5. The van der Waals surface area contributed by atoms with Crippen molar-refractivity contribution in [1.82, 2.24) is 0 Å². The number of benzene rings is 1. The van der Waals surface area contributed by atoms with Crippen LogP contribution < -0.4 is 0 Å². The van der Waals surface area contributed by atoms with Gasteiger partial charge in [0.2, 0.25) is 0 Å². The van der Waals surface area contributed by atoms with Crippen molar-refractivity contribution in [3.63, 3.8) is 0 Å². The lowest BCUT2D eigenvalue weighted by Gasteiger charge is -2.13. The van der Waals surface area contributed by atoms with Crippen molar-refractivity contribution in [1.29, 1.82) is 0 Å². The van der Waals surface area contributed by atoms with E-state index in [4.69, 9.17) is 4.74 Å². The van der Waals surface area contributed by atoms with Crippen LogP contribution in [0.3, 0.4) is 0 Å². The minimum absolute atomic E-state index is 0.127. The van der Waals surface area contributed by atoms with Gasteiger partial charge in [-0.3, -0.25) is 4.79 Å². The lowest BCUT2D eigenvalue weighted by molar-refractivity contribution is -0.150. The molecule has 0 saturated heterocycles. The molecule has 1 aromatic carbocycles. The molecule has 1 fully saturated rings. The van der Waals surface area contributed by atoms with Crippen molar-refractivity contribution in [2.45, 2.75) is 45.2 Å². The summed E-state index contributed by atoms with van der Waals surface area (Å²) >= 11 is 0. The molecule has 1 aliphatic rings. The lowest BCUT2D eigenvalue weighted by atomic mass is 9.96. The van der Waals surface area contributed by atoms with Crippen molar-refractivity contribution >= 4 is 5.97 Å². The Morgan fingerprint density at radius 1 is 1.24 bits per heavy atom. The molecule has 21 heavy (non-hydrogen) atoms. The van der Waals surface area contributed by atoms with Gasteiger partial charge in [-0.15, -0.1) is 0 Å². The van der Waals surface area contributed by atoms with Gasteiger partial charge in [-0.25, -0.2) is 0 Å². The van der Waals surface area contributed by atoms with Gasteiger partial charge in [-0.2, -0.15) is 13.2 Å². The normalized spacial score (nSPS) is 16.6. The molecule has 2 nitrogen and oxygen atoms in total. The van der Waals surface area contributed by atoms with Crippen molar-refractivity contribution in [2.75, 3.05) is 6.61 Å². The average molecular weight is 300 g/mol. The molecule has 0 heterocycles. The summed E-state index contributed by atoms with van der Waals surface area (Å²) in [5.74, 6) is -0.127. The summed E-state index contributed by atoms with van der Waals surface area (Å²) in [5.41, 5.74) is -0.0823. The fourth-order valence-electron chi connectivity index (χ4n) is 2.48. The topological polar surface area (TPSA) is 26.3 Å². The van der Waals surface area contributed by atoms with Crippen LogP contribution in [0.4, 0.5) is 13.2 Å². The summed E-state index contributed by atoms with van der Waals surface area (Å²) in [5, 5.41) is 0. The molecule has 5 heteroatoms. The molecule has 0 aromatic heterocycles. The van der Waals surface area contributed by atoms with Crippen molar-refractivity contribution in [3.8, 4) is 0 Å². The van der Waals surface area contributed by atoms with Crippen molar-refractivity contribution < 1.29 is 22.7 Å². The van der Waals surface area contributed by atoms with Crippen LogP contribution in [0.25, 0.3) is 0 Å². The van der Waals surface area contributed by atoms with Crippen LogP contribution in [0.1, 0.15) is 43.7 Å². The lowest BCUT2D eigenvalue weighted by Crippen LogP contribution is -2.19. The second-order valence-corrected chi connectivity index (χ2v) is 5.55. The van der Waals surface area contributed by atoms with Crippen LogP contribution in [0.15, 0.2) is 24.3 Å². The Hall–Kier alpha value is -1.52. The molecular weight excluding hydrogens is 281 g/mol. The van der Waals surface area contributed by atoms with Crippen LogP contribution in [0.2, 0.25) is 0 Å². The average Bonchev–Trinajstić information content (AvgIpc) is 3.20. The number of alkyl halides is 3. The van der Waals surface area contributed by atoms with Gasteiger partial charge in [-0.05, 0) is 56.7 Å². The molecule has 1 saturated carbocycles. The first-order valence-electron chi connectivity index (χ1n) is 7.21. The van der Waals surface area contributed by atoms with Crippen molar-refractivity contribution in [3.05, 3.63) is 35.4 Å². The van der Waals surface area contributed by atoms with Crippen LogP contribution in [-0.2, 0) is 22.1 Å². The first-order valence-corrected chi connectivity index (χ1v) is 7.21. The maximum atomic E-state index is 12.4. The highest BCUT2D eigenvalue weighted by Gasteiger charge is 2.50. The summed E-state index contributed by atoms with van der Waals surface area (Å²) < 4.78 is 42.4.